The average Bonchev–Trinajstić information content (AvgIpc) is 3.42. The van der Waals surface area contributed by atoms with Crippen LogP contribution in [0.15, 0.2) is 42.5 Å². The van der Waals surface area contributed by atoms with Gasteiger partial charge in [0.05, 0.1) is 5.92 Å². The van der Waals surface area contributed by atoms with Gasteiger partial charge >= 0.3 is 5.97 Å². The first-order valence-corrected chi connectivity index (χ1v) is 8.50. The van der Waals surface area contributed by atoms with Crippen molar-refractivity contribution in [3.63, 3.8) is 0 Å². The van der Waals surface area contributed by atoms with Crippen LogP contribution in [0, 0.1) is 17.6 Å². The molecule has 1 N–H and O–H groups in total. The maximum atomic E-state index is 14.0. The summed E-state index contributed by atoms with van der Waals surface area (Å²) in [5, 5.41) is 9.51. The van der Waals surface area contributed by atoms with E-state index in [9.17, 15) is 23.5 Å². The predicted molar refractivity (Wildman–Crippen MR) is 89.4 cm³/mol. The number of rotatable bonds is 3. The molecule has 6 heteroatoms. The quantitative estimate of drug-likeness (QED) is 0.917. The minimum absolute atomic E-state index is 0.0973. The zero-order valence-corrected chi connectivity index (χ0v) is 13.9. The topological polar surface area (TPSA) is 57.6 Å². The van der Waals surface area contributed by atoms with E-state index < -0.39 is 29.4 Å². The molecule has 1 aliphatic heterocycles. The molecule has 0 aromatic heterocycles. The van der Waals surface area contributed by atoms with Crippen molar-refractivity contribution in [1.29, 1.82) is 0 Å². The van der Waals surface area contributed by atoms with Crippen LogP contribution >= 0.6 is 0 Å². The summed E-state index contributed by atoms with van der Waals surface area (Å²) in [7, 11) is 0. The van der Waals surface area contributed by atoms with Gasteiger partial charge in [-0.15, -0.1) is 0 Å². The van der Waals surface area contributed by atoms with Crippen molar-refractivity contribution in [2.45, 2.75) is 24.8 Å². The Morgan fingerprint density at radius 1 is 1.04 bits per heavy atom. The number of amides is 1. The molecule has 3 atom stereocenters. The number of benzene rings is 2. The van der Waals surface area contributed by atoms with Crippen molar-refractivity contribution >= 4 is 11.9 Å². The number of carboxylic acid groups (broad SMARTS) is 1. The number of halogens is 2. The van der Waals surface area contributed by atoms with Crippen LogP contribution in [-0.2, 0) is 16.1 Å². The molecule has 1 heterocycles. The lowest BCUT2D eigenvalue weighted by molar-refractivity contribution is -0.141. The number of hydrogen-bond acceptors (Lipinski definition) is 2. The number of carboxylic acids is 1. The summed E-state index contributed by atoms with van der Waals surface area (Å²) < 4.78 is 27.4. The molecule has 1 saturated carbocycles. The Morgan fingerprint density at radius 2 is 1.77 bits per heavy atom. The van der Waals surface area contributed by atoms with Crippen molar-refractivity contribution in [1.82, 2.24) is 4.90 Å². The van der Waals surface area contributed by atoms with Crippen LogP contribution in [0.2, 0.25) is 0 Å². The molecule has 2 aliphatic rings. The third kappa shape index (κ3) is 2.75. The first-order chi connectivity index (χ1) is 12.5. The number of carbonyl (C=O) groups excluding carboxylic acids is 1. The van der Waals surface area contributed by atoms with Crippen LogP contribution < -0.4 is 0 Å². The number of nitrogens with zero attached hydrogens (tertiary/aromatic N) is 1. The van der Waals surface area contributed by atoms with E-state index in [0.29, 0.717) is 13.0 Å². The van der Waals surface area contributed by atoms with Gasteiger partial charge in [0, 0.05) is 19.0 Å². The summed E-state index contributed by atoms with van der Waals surface area (Å²) in [6, 6.07) is 11.2. The summed E-state index contributed by atoms with van der Waals surface area (Å²) in [6.07, 6.45) is 0.453. The molecule has 4 rings (SSSR count). The molecule has 2 aromatic carbocycles. The van der Waals surface area contributed by atoms with Crippen molar-refractivity contribution in [3.8, 4) is 0 Å². The molecule has 3 unspecified atom stereocenters. The van der Waals surface area contributed by atoms with Crippen molar-refractivity contribution < 1.29 is 23.5 Å². The second-order valence-corrected chi connectivity index (χ2v) is 6.90. The van der Waals surface area contributed by atoms with Crippen molar-refractivity contribution in [3.05, 3.63) is 70.8 Å². The average molecular weight is 357 g/mol. The third-order valence-electron chi connectivity index (χ3n) is 5.29. The third-order valence-corrected chi connectivity index (χ3v) is 5.29. The normalized spacial score (nSPS) is 24.1. The van der Waals surface area contributed by atoms with Gasteiger partial charge in [-0.05, 0) is 35.1 Å². The van der Waals surface area contributed by atoms with E-state index in [1.165, 1.54) is 17.0 Å². The van der Waals surface area contributed by atoms with Crippen molar-refractivity contribution in [2.24, 2.45) is 5.92 Å². The maximum Gasteiger partial charge on any atom is 0.312 e. The summed E-state index contributed by atoms with van der Waals surface area (Å²) in [4.78, 5) is 26.0. The lowest BCUT2D eigenvalue weighted by atomic mass is 9.89. The van der Waals surface area contributed by atoms with E-state index in [2.05, 4.69) is 0 Å². The second-order valence-electron chi connectivity index (χ2n) is 6.90. The molecule has 134 valence electrons. The number of fused-ring (bicyclic) bond motifs is 1. The first-order valence-electron chi connectivity index (χ1n) is 8.50. The van der Waals surface area contributed by atoms with Gasteiger partial charge in [-0.1, -0.05) is 36.4 Å². The summed E-state index contributed by atoms with van der Waals surface area (Å²) in [5.41, 5.74) is 1.76. The molecule has 1 amide bonds. The molecule has 0 saturated heterocycles. The number of hydrogen-bond donors (Lipinski definition) is 1. The standard InChI is InChI=1S/C20H17F2NO3/c21-17-7-3-6-13(18(17)22)14-8-15(14)19(24)23-9-11-4-1-2-5-12(11)16(10-23)20(25)26/h1-7,14-16H,8-10H2,(H,25,26). The van der Waals surface area contributed by atoms with Crippen LogP contribution in [0.5, 0.6) is 0 Å². The van der Waals surface area contributed by atoms with Gasteiger partial charge in [0.25, 0.3) is 0 Å². The highest BCUT2D eigenvalue weighted by Crippen LogP contribution is 2.50. The smallest absolute Gasteiger partial charge is 0.312 e. The summed E-state index contributed by atoms with van der Waals surface area (Å²) >= 11 is 0. The molecule has 1 aliphatic carbocycles. The Kier molecular flexibility index (Phi) is 3.98. The van der Waals surface area contributed by atoms with E-state index in [1.54, 1.807) is 12.1 Å². The van der Waals surface area contributed by atoms with Gasteiger partial charge < -0.3 is 10.0 Å². The monoisotopic (exact) mass is 357 g/mol. The van der Waals surface area contributed by atoms with Gasteiger partial charge in [-0.2, -0.15) is 0 Å². The number of aliphatic carboxylic acids is 1. The zero-order valence-electron chi connectivity index (χ0n) is 13.9. The molecular weight excluding hydrogens is 340 g/mol. The van der Waals surface area contributed by atoms with Crippen LogP contribution in [0.1, 0.15) is 34.9 Å². The Labute approximate surface area is 149 Å². The van der Waals surface area contributed by atoms with Crippen LogP contribution in [0.4, 0.5) is 8.78 Å². The highest BCUT2D eigenvalue weighted by atomic mass is 19.2. The molecule has 0 radical (unpaired) electrons. The minimum Gasteiger partial charge on any atom is -0.481 e. The molecule has 1 fully saturated rings. The van der Waals surface area contributed by atoms with Gasteiger partial charge in [-0.25, -0.2) is 8.78 Å². The predicted octanol–water partition coefficient (Wildman–Crippen LogP) is 3.28. The Morgan fingerprint density at radius 3 is 2.54 bits per heavy atom. The fourth-order valence-corrected chi connectivity index (χ4v) is 3.84. The molecule has 2 aromatic rings. The molecule has 26 heavy (non-hydrogen) atoms. The van der Waals surface area contributed by atoms with Crippen molar-refractivity contribution in [2.75, 3.05) is 6.54 Å². The first kappa shape index (κ1) is 16.7. The summed E-state index contributed by atoms with van der Waals surface area (Å²) in [6.45, 7) is 0.438. The van der Waals surface area contributed by atoms with E-state index in [4.69, 9.17) is 0 Å². The summed E-state index contributed by atoms with van der Waals surface area (Å²) in [5.74, 6) is -4.53. The molecular formula is C20H17F2NO3. The Bertz CT molecular complexity index is 898. The SMILES string of the molecule is O=C(O)C1CN(C(=O)C2CC2c2cccc(F)c2F)Cc2ccccc21. The van der Waals surface area contributed by atoms with Gasteiger partial charge in [0.15, 0.2) is 11.6 Å². The lowest BCUT2D eigenvalue weighted by Crippen LogP contribution is -2.41. The van der Waals surface area contributed by atoms with E-state index in [0.717, 1.165) is 17.2 Å². The lowest BCUT2D eigenvalue weighted by Gasteiger charge is -2.33. The number of carbonyl (C=O) groups is 2. The largest absolute Gasteiger partial charge is 0.481 e. The maximum absolute atomic E-state index is 14.0. The fraction of sp³-hybridized carbons (Fsp3) is 0.300. The highest BCUT2D eigenvalue weighted by molar-refractivity contribution is 5.85. The van der Waals surface area contributed by atoms with Gasteiger partial charge in [-0.3, -0.25) is 9.59 Å². The highest BCUT2D eigenvalue weighted by Gasteiger charge is 2.48. The minimum atomic E-state index is -0.974. The van der Waals surface area contributed by atoms with Crippen LogP contribution in [0.25, 0.3) is 0 Å². The van der Waals surface area contributed by atoms with Crippen LogP contribution in [0.3, 0.4) is 0 Å². The Balaban J connectivity index is 1.55. The molecule has 0 spiro atoms. The molecule has 0 bridgehead atoms. The van der Waals surface area contributed by atoms with E-state index >= 15 is 0 Å². The van der Waals surface area contributed by atoms with Gasteiger partial charge in [0.2, 0.25) is 5.91 Å². The Hall–Kier alpha value is -2.76. The van der Waals surface area contributed by atoms with Gasteiger partial charge in [0.1, 0.15) is 0 Å². The second kappa shape index (κ2) is 6.20. The van der Waals surface area contributed by atoms with Crippen LogP contribution in [-0.4, -0.2) is 28.4 Å². The zero-order chi connectivity index (χ0) is 18.4. The van der Waals surface area contributed by atoms with E-state index in [1.807, 2.05) is 12.1 Å². The molecule has 4 nitrogen and oxygen atoms in total. The fourth-order valence-electron chi connectivity index (χ4n) is 3.84. The van der Waals surface area contributed by atoms with E-state index in [-0.39, 0.29) is 23.9 Å².